The summed E-state index contributed by atoms with van der Waals surface area (Å²) in [5.74, 6) is 0.269. The zero-order chi connectivity index (χ0) is 16.0. The number of alkyl halides is 1. The van der Waals surface area contributed by atoms with E-state index in [4.69, 9.17) is 0 Å². The van der Waals surface area contributed by atoms with Crippen LogP contribution in [0, 0.1) is 5.92 Å². The topological polar surface area (TPSA) is 9.72 Å². The van der Waals surface area contributed by atoms with Gasteiger partial charge in [0, 0.05) is 44.8 Å². The molecule has 0 saturated carbocycles. The third-order valence-corrected chi connectivity index (χ3v) is 4.90. The second kappa shape index (κ2) is 9.06. The van der Waals surface area contributed by atoms with Crippen molar-refractivity contribution in [2.45, 2.75) is 59.3 Å². The maximum Gasteiger partial charge on any atom is 0.115 e. The Kier molecular flexibility index (Phi) is 8.14. The van der Waals surface area contributed by atoms with Gasteiger partial charge in [-0.25, -0.2) is 4.39 Å². The smallest absolute Gasteiger partial charge is 0.115 e. The van der Waals surface area contributed by atoms with Crippen molar-refractivity contribution in [2.24, 2.45) is 5.92 Å². The SMILES string of the molecule is CC(C)N1CCN(C)CC1.CC1CCN(C(C)C)CC1F. The molecule has 0 bridgehead atoms. The molecule has 2 rings (SSSR count). The molecule has 0 aromatic heterocycles. The minimum Gasteiger partial charge on any atom is -0.304 e. The highest BCUT2D eigenvalue weighted by molar-refractivity contribution is 4.79. The van der Waals surface area contributed by atoms with Gasteiger partial charge in [-0.2, -0.15) is 0 Å². The van der Waals surface area contributed by atoms with Crippen molar-refractivity contribution in [1.29, 1.82) is 0 Å². The lowest BCUT2D eigenvalue weighted by Crippen LogP contribution is -2.47. The van der Waals surface area contributed by atoms with Crippen molar-refractivity contribution in [2.75, 3.05) is 46.3 Å². The minimum absolute atomic E-state index is 0.269. The highest BCUT2D eigenvalue weighted by atomic mass is 19.1. The second-order valence-corrected chi connectivity index (χ2v) is 7.30. The zero-order valence-electron chi connectivity index (χ0n) is 15.0. The fraction of sp³-hybridized carbons (Fsp3) is 1.00. The van der Waals surface area contributed by atoms with E-state index < -0.39 is 6.17 Å². The molecule has 3 nitrogen and oxygen atoms in total. The molecule has 0 aromatic carbocycles. The van der Waals surface area contributed by atoms with Crippen LogP contribution in [0.2, 0.25) is 0 Å². The summed E-state index contributed by atoms with van der Waals surface area (Å²) in [6, 6.07) is 1.23. The van der Waals surface area contributed by atoms with Crippen LogP contribution in [-0.4, -0.2) is 79.3 Å². The van der Waals surface area contributed by atoms with E-state index in [1.165, 1.54) is 26.2 Å². The molecular formula is C17H36FN3. The fourth-order valence-electron chi connectivity index (χ4n) is 2.85. The molecule has 0 N–H and O–H groups in total. The Morgan fingerprint density at radius 3 is 1.81 bits per heavy atom. The highest BCUT2D eigenvalue weighted by Gasteiger charge is 2.26. The lowest BCUT2D eigenvalue weighted by atomic mass is 9.96. The number of likely N-dealkylation sites (tertiary alicyclic amines) is 1. The largest absolute Gasteiger partial charge is 0.304 e. The normalized spacial score (nSPS) is 29.6. The summed E-state index contributed by atoms with van der Waals surface area (Å²) in [6.45, 7) is 17.5. The molecule has 0 aliphatic carbocycles. The van der Waals surface area contributed by atoms with E-state index in [9.17, 15) is 4.39 Å². The molecule has 126 valence electrons. The minimum atomic E-state index is -0.605. The summed E-state index contributed by atoms with van der Waals surface area (Å²) >= 11 is 0. The second-order valence-electron chi connectivity index (χ2n) is 7.30. The van der Waals surface area contributed by atoms with E-state index in [0.29, 0.717) is 12.6 Å². The Hall–Kier alpha value is -0.190. The average molecular weight is 301 g/mol. The number of rotatable bonds is 2. The van der Waals surface area contributed by atoms with Gasteiger partial charge >= 0.3 is 0 Å². The zero-order valence-corrected chi connectivity index (χ0v) is 15.0. The molecule has 2 aliphatic rings. The Morgan fingerprint density at radius 2 is 1.38 bits per heavy atom. The van der Waals surface area contributed by atoms with E-state index in [-0.39, 0.29) is 5.92 Å². The molecule has 2 atom stereocenters. The van der Waals surface area contributed by atoms with Crippen LogP contribution in [0.15, 0.2) is 0 Å². The summed E-state index contributed by atoms with van der Waals surface area (Å²) in [5, 5.41) is 0. The first-order valence-electron chi connectivity index (χ1n) is 8.62. The Bertz CT molecular complexity index is 275. The van der Waals surface area contributed by atoms with Gasteiger partial charge in [0.15, 0.2) is 0 Å². The molecule has 2 unspecified atom stereocenters. The van der Waals surface area contributed by atoms with E-state index in [1.54, 1.807) is 0 Å². The summed E-state index contributed by atoms with van der Waals surface area (Å²) in [5.41, 5.74) is 0. The number of piperazine rings is 1. The molecule has 2 saturated heterocycles. The molecule has 21 heavy (non-hydrogen) atoms. The first kappa shape index (κ1) is 18.9. The predicted molar refractivity (Wildman–Crippen MR) is 89.6 cm³/mol. The van der Waals surface area contributed by atoms with Crippen LogP contribution in [0.25, 0.3) is 0 Å². The Labute approximate surface area is 131 Å². The maximum absolute atomic E-state index is 13.1. The molecular weight excluding hydrogens is 265 g/mol. The molecule has 2 fully saturated rings. The van der Waals surface area contributed by atoms with E-state index in [1.807, 2.05) is 6.92 Å². The Morgan fingerprint density at radius 1 is 0.857 bits per heavy atom. The van der Waals surface area contributed by atoms with Gasteiger partial charge in [-0.15, -0.1) is 0 Å². The number of hydrogen-bond donors (Lipinski definition) is 0. The molecule has 0 spiro atoms. The summed E-state index contributed by atoms with van der Waals surface area (Å²) < 4.78 is 13.1. The van der Waals surface area contributed by atoms with Crippen molar-refractivity contribution >= 4 is 0 Å². The fourth-order valence-corrected chi connectivity index (χ4v) is 2.85. The maximum atomic E-state index is 13.1. The van der Waals surface area contributed by atoms with Crippen molar-refractivity contribution < 1.29 is 4.39 Å². The summed E-state index contributed by atoms with van der Waals surface area (Å²) in [7, 11) is 2.19. The van der Waals surface area contributed by atoms with Crippen LogP contribution in [0.3, 0.4) is 0 Å². The number of nitrogens with zero attached hydrogens (tertiary/aromatic N) is 3. The van der Waals surface area contributed by atoms with E-state index in [2.05, 4.69) is 49.4 Å². The van der Waals surface area contributed by atoms with Gasteiger partial charge in [0.1, 0.15) is 6.17 Å². The van der Waals surface area contributed by atoms with Gasteiger partial charge in [-0.3, -0.25) is 9.80 Å². The van der Waals surface area contributed by atoms with Gasteiger partial charge in [0.2, 0.25) is 0 Å². The average Bonchev–Trinajstić information content (AvgIpc) is 2.43. The van der Waals surface area contributed by atoms with Crippen LogP contribution in [0.5, 0.6) is 0 Å². The first-order chi connectivity index (χ1) is 9.81. The van der Waals surface area contributed by atoms with E-state index >= 15 is 0 Å². The molecule has 4 heteroatoms. The van der Waals surface area contributed by atoms with Crippen LogP contribution < -0.4 is 0 Å². The molecule has 0 amide bonds. The molecule has 2 heterocycles. The summed E-state index contributed by atoms with van der Waals surface area (Å²) in [4.78, 5) is 7.13. The van der Waals surface area contributed by atoms with Crippen molar-refractivity contribution in [3.8, 4) is 0 Å². The van der Waals surface area contributed by atoms with Crippen molar-refractivity contribution in [1.82, 2.24) is 14.7 Å². The number of halogens is 1. The van der Waals surface area contributed by atoms with E-state index in [0.717, 1.165) is 19.0 Å². The standard InChI is InChI=1S/C9H18FN.C8H18N2/c1-7(2)11-5-4-8(3)9(10)6-11;1-8(2)10-6-4-9(3)5-7-10/h7-9H,4-6H2,1-3H3;8H,4-7H2,1-3H3. The van der Waals surface area contributed by atoms with Gasteiger partial charge in [0.25, 0.3) is 0 Å². The Balaban J connectivity index is 0.000000211. The summed E-state index contributed by atoms with van der Waals surface area (Å²) in [6.07, 6.45) is 0.408. The lowest BCUT2D eigenvalue weighted by Gasteiger charge is -2.35. The number of piperidine rings is 1. The third-order valence-electron chi connectivity index (χ3n) is 4.90. The predicted octanol–water partition coefficient (Wildman–Crippen LogP) is 2.72. The van der Waals surface area contributed by atoms with Gasteiger partial charge in [-0.1, -0.05) is 6.92 Å². The van der Waals surface area contributed by atoms with Crippen LogP contribution in [0.4, 0.5) is 4.39 Å². The first-order valence-corrected chi connectivity index (χ1v) is 8.62. The molecule has 0 radical (unpaired) electrons. The number of likely N-dealkylation sites (N-methyl/N-ethyl adjacent to an activating group) is 1. The quantitative estimate of drug-likeness (QED) is 0.776. The molecule has 0 aromatic rings. The van der Waals surface area contributed by atoms with Crippen LogP contribution in [-0.2, 0) is 0 Å². The van der Waals surface area contributed by atoms with Gasteiger partial charge in [-0.05, 0) is 53.6 Å². The van der Waals surface area contributed by atoms with Crippen molar-refractivity contribution in [3.05, 3.63) is 0 Å². The molecule has 2 aliphatic heterocycles. The van der Waals surface area contributed by atoms with Crippen molar-refractivity contribution in [3.63, 3.8) is 0 Å². The van der Waals surface area contributed by atoms with Crippen LogP contribution in [0.1, 0.15) is 41.0 Å². The van der Waals surface area contributed by atoms with Gasteiger partial charge in [0.05, 0.1) is 0 Å². The van der Waals surface area contributed by atoms with Crippen LogP contribution >= 0.6 is 0 Å². The lowest BCUT2D eigenvalue weighted by molar-refractivity contribution is 0.0730. The highest BCUT2D eigenvalue weighted by Crippen LogP contribution is 2.20. The monoisotopic (exact) mass is 301 g/mol. The number of hydrogen-bond acceptors (Lipinski definition) is 3. The third kappa shape index (κ3) is 6.62. The van der Waals surface area contributed by atoms with Gasteiger partial charge < -0.3 is 4.90 Å².